The molecule has 0 atom stereocenters. The van der Waals surface area contributed by atoms with E-state index in [1.165, 1.54) is 22.0 Å². The van der Waals surface area contributed by atoms with Crippen molar-refractivity contribution >= 4 is 32.4 Å². The van der Waals surface area contributed by atoms with Crippen molar-refractivity contribution in [3.8, 4) is 0 Å². The Morgan fingerprint density at radius 3 is 2.59 bits per heavy atom. The number of nitrogens with zero attached hydrogens (tertiary/aromatic N) is 1. The molecular formula is C21H29BrN2O2Y-2. The molecule has 1 aliphatic heterocycles. The van der Waals surface area contributed by atoms with Crippen LogP contribution in [0.4, 0.5) is 0 Å². The maximum atomic E-state index is 5.24. The second-order valence-electron chi connectivity index (χ2n) is 5.98. The molecule has 6 heteroatoms. The summed E-state index contributed by atoms with van der Waals surface area (Å²) >= 11 is 3.27. The second-order valence-corrected chi connectivity index (χ2v) is 6.77. The fourth-order valence-electron chi connectivity index (χ4n) is 2.73. The smallest absolute Gasteiger partial charge is 0.0700 e. The maximum Gasteiger partial charge on any atom is 0.0700 e. The van der Waals surface area contributed by atoms with Gasteiger partial charge in [0.25, 0.3) is 0 Å². The molecule has 3 rings (SSSR count). The number of ether oxygens (including phenoxy) is 2. The van der Waals surface area contributed by atoms with Gasteiger partial charge in [0.15, 0.2) is 0 Å². The van der Waals surface area contributed by atoms with E-state index in [0.29, 0.717) is 13.2 Å². The van der Waals surface area contributed by atoms with E-state index in [1.54, 1.807) is 0 Å². The van der Waals surface area contributed by atoms with Crippen molar-refractivity contribution in [1.29, 1.82) is 0 Å². The van der Waals surface area contributed by atoms with E-state index in [1.807, 2.05) is 0 Å². The first-order chi connectivity index (χ1) is 12.9. The number of nitrogens with one attached hydrogen (secondary N) is 1. The van der Waals surface area contributed by atoms with Crippen LogP contribution in [0.25, 0.3) is 21.8 Å². The second kappa shape index (κ2) is 15.8. The number of fused-ring (bicyclic) bond motifs is 1. The maximum absolute atomic E-state index is 5.24. The molecule has 0 saturated heterocycles. The summed E-state index contributed by atoms with van der Waals surface area (Å²) < 4.78 is 10.4. The van der Waals surface area contributed by atoms with E-state index in [4.69, 9.17) is 9.47 Å². The van der Waals surface area contributed by atoms with Crippen LogP contribution in [0.2, 0.25) is 0 Å². The Morgan fingerprint density at radius 1 is 1.11 bits per heavy atom. The molecule has 1 N–H and O–H groups in total. The molecule has 27 heavy (non-hydrogen) atoms. The number of rotatable bonds is 9. The monoisotopic (exact) mass is 509 g/mol. The van der Waals surface area contributed by atoms with Gasteiger partial charge < -0.3 is 26.7 Å². The summed E-state index contributed by atoms with van der Waals surface area (Å²) in [7, 11) is 0. The molecule has 0 unspecified atom stereocenters. The van der Waals surface area contributed by atoms with E-state index in [0.717, 1.165) is 50.9 Å². The average molecular weight is 510 g/mol. The molecule has 0 amide bonds. The Kier molecular flexibility index (Phi) is 14.7. The largest absolute Gasteiger partial charge is 0.659 e. The minimum atomic E-state index is 0. The van der Waals surface area contributed by atoms with Crippen molar-refractivity contribution in [3.63, 3.8) is 0 Å². The van der Waals surface area contributed by atoms with Gasteiger partial charge in [0.1, 0.15) is 0 Å². The van der Waals surface area contributed by atoms with Crippen LogP contribution < -0.4 is 0 Å². The van der Waals surface area contributed by atoms with Crippen LogP contribution in [-0.4, -0.2) is 49.8 Å². The summed E-state index contributed by atoms with van der Waals surface area (Å²) in [5.41, 5.74) is 4.00. The average Bonchev–Trinajstić information content (AvgIpc) is 3.13. The first-order valence-corrected chi connectivity index (χ1v) is 10.4. The summed E-state index contributed by atoms with van der Waals surface area (Å²) in [4.78, 5) is 3.31. The van der Waals surface area contributed by atoms with Crippen molar-refractivity contribution in [1.82, 2.24) is 4.98 Å². The Balaban J connectivity index is 0.000000276. The van der Waals surface area contributed by atoms with Crippen LogP contribution in [0.3, 0.4) is 0 Å². The van der Waals surface area contributed by atoms with Crippen molar-refractivity contribution < 1.29 is 42.2 Å². The number of H-pyrrole nitrogens is 1. The summed E-state index contributed by atoms with van der Waals surface area (Å²) in [6.07, 6.45) is 7.41. The third kappa shape index (κ3) is 9.34. The van der Waals surface area contributed by atoms with Crippen LogP contribution in [-0.2, 0) is 42.2 Å². The Bertz CT molecular complexity index is 652. The molecule has 1 radical (unpaired) electrons. The summed E-state index contributed by atoms with van der Waals surface area (Å²) in [6.45, 7) is 8.52. The predicted octanol–water partition coefficient (Wildman–Crippen LogP) is 5.35. The van der Waals surface area contributed by atoms with Gasteiger partial charge in [0, 0.05) is 67.3 Å². The number of aromatic amines is 1. The van der Waals surface area contributed by atoms with Crippen molar-refractivity contribution in [3.05, 3.63) is 54.3 Å². The van der Waals surface area contributed by atoms with Gasteiger partial charge in [-0.3, -0.25) is 0 Å². The number of para-hydroxylation sites is 1. The first kappa shape index (κ1) is 25.0. The Labute approximate surface area is 196 Å². The molecule has 1 aromatic heterocycles. The van der Waals surface area contributed by atoms with Gasteiger partial charge in [-0.2, -0.15) is 6.42 Å². The van der Waals surface area contributed by atoms with Crippen LogP contribution >= 0.6 is 15.9 Å². The fourth-order valence-corrected chi connectivity index (χ4v) is 2.96. The predicted molar refractivity (Wildman–Crippen MR) is 114 cm³/mol. The van der Waals surface area contributed by atoms with Crippen LogP contribution in [0.15, 0.2) is 36.5 Å². The van der Waals surface area contributed by atoms with Crippen LogP contribution in [0, 0.1) is 6.92 Å². The standard InChI is InChI=1S/C13H13N2.C8H16BrO2.Y/c1-2-4-13-11(3-1)12(9-15-13)10-5-7-14-8-6-10;1-2-3-5-10-7-8-11-6-4-9;/h1-5,9,15H,6-8H2;1-8H2;/q2*-1;. The number of halogens is 1. The van der Waals surface area contributed by atoms with E-state index in [2.05, 4.69) is 69.7 Å². The van der Waals surface area contributed by atoms with Crippen LogP contribution in [0.1, 0.15) is 24.8 Å². The Morgan fingerprint density at radius 2 is 1.89 bits per heavy atom. The normalized spacial score (nSPS) is 13.5. The fraction of sp³-hybridized carbons (Fsp3) is 0.476. The molecule has 0 fully saturated rings. The van der Waals surface area contributed by atoms with Gasteiger partial charge in [0.2, 0.25) is 0 Å². The zero-order valence-corrected chi connectivity index (χ0v) is 20.4. The van der Waals surface area contributed by atoms with Gasteiger partial charge in [-0.25, -0.2) is 0 Å². The minimum absolute atomic E-state index is 0. The topological polar surface area (TPSA) is 48.4 Å². The number of unbranched alkanes of at least 4 members (excludes halogenated alkanes) is 1. The molecular weight excluding hydrogens is 481 g/mol. The van der Waals surface area contributed by atoms with Gasteiger partial charge in [-0.15, -0.1) is 19.2 Å². The number of hydrogen-bond donors (Lipinski definition) is 1. The molecule has 2 heterocycles. The van der Waals surface area contributed by atoms with E-state index in [-0.39, 0.29) is 32.7 Å². The molecule has 0 bridgehead atoms. The van der Waals surface area contributed by atoms with Crippen molar-refractivity contribution in [2.75, 3.05) is 44.8 Å². The zero-order chi connectivity index (χ0) is 18.5. The summed E-state index contributed by atoms with van der Waals surface area (Å²) in [5, 5.41) is 6.55. The van der Waals surface area contributed by atoms with Gasteiger partial charge in [0.05, 0.1) is 19.8 Å². The third-order valence-corrected chi connectivity index (χ3v) is 4.40. The Hall–Kier alpha value is -0.0361. The number of aromatic nitrogens is 1. The zero-order valence-electron chi connectivity index (χ0n) is 16.0. The van der Waals surface area contributed by atoms with Gasteiger partial charge >= 0.3 is 0 Å². The summed E-state index contributed by atoms with van der Waals surface area (Å²) in [5.74, 6) is 0. The van der Waals surface area contributed by atoms with Crippen molar-refractivity contribution in [2.45, 2.75) is 19.3 Å². The van der Waals surface area contributed by atoms with Crippen molar-refractivity contribution in [2.24, 2.45) is 0 Å². The molecule has 4 nitrogen and oxygen atoms in total. The first-order valence-electron chi connectivity index (χ1n) is 9.26. The molecule has 2 aromatic rings. The number of hydrogen-bond acceptors (Lipinski definition) is 2. The SMILES string of the molecule is C1=C(c2c[nH]c3ccccc23)CC[N-]C1.[CH2-]CCCOCCOCCBr.[Y]. The molecule has 0 saturated carbocycles. The van der Waals surface area contributed by atoms with E-state index < -0.39 is 0 Å². The van der Waals surface area contributed by atoms with E-state index in [9.17, 15) is 0 Å². The molecule has 0 spiro atoms. The van der Waals surface area contributed by atoms with Gasteiger partial charge in [-0.05, 0) is 18.1 Å². The van der Waals surface area contributed by atoms with Crippen LogP contribution in [0.5, 0.6) is 0 Å². The van der Waals surface area contributed by atoms with Gasteiger partial charge in [-0.1, -0.05) is 40.5 Å². The quantitative estimate of drug-likeness (QED) is 0.281. The number of alkyl halides is 1. The van der Waals surface area contributed by atoms with E-state index >= 15 is 0 Å². The molecule has 0 aliphatic carbocycles. The summed E-state index contributed by atoms with van der Waals surface area (Å²) in [6, 6.07) is 8.45. The number of benzene rings is 1. The molecule has 1 aromatic carbocycles. The molecule has 1 aliphatic rings. The molecule has 147 valence electrons. The minimum Gasteiger partial charge on any atom is -0.659 e. The third-order valence-electron chi connectivity index (χ3n) is 4.07.